The zero-order chi connectivity index (χ0) is 14.0. The second-order valence-electron chi connectivity index (χ2n) is 3.60. The van der Waals surface area contributed by atoms with Gasteiger partial charge in [-0.3, -0.25) is 4.31 Å². The summed E-state index contributed by atoms with van der Waals surface area (Å²) in [7, 11) is -3.81. The molecule has 0 aliphatic carbocycles. The first-order valence-corrected chi connectivity index (χ1v) is 7.61. The van der Waals surface area contributed by atoms with E-state index in [9.17, 15) is 13.5 Å². The number of hydrogen-bond acceptors (Lipinski definition) is 7. The Morgan fingerprint density at radius 1 is 1.42 bits per heavy atom. The van der Waals surface area contributed by atoms with E-state index in [1.807, 2.05) is 0 Å². The third-order valence-corrected chi connectivity index (χ3v) is 5.34. The molecule has 0 spiro atoms. The van der Waals surface area contributed by atoms with Gasteiger partial charge in [-0.15, -0.1) is 10.2 Å². The summed E-state index contributed by atoms with van der Waals surface area (Å²) in [6.45, 7) is 1.89. The Labute approximate surface area is 114 Å². The molecule has 0 atom stereocenters. The molecule has 1 aromatic heterocycles. The largest absolute Gasteiger partial charge is 0.508 e. The van der Waals surface area contributed by atoms with Gasteiger partial charge < -0.3 is 10.8 Å². The van der Waals surface area contributed by atoms with E-state index in [1.165, 1.54) is 12.1 Å². The molecule has 0 radical (unpaired) electrons. The average molecular weight is 300 g/mol. The summed E-state index contributed by atoms with van der Waals surface area (Å²) in [4.78, 5) is 0. The predicted octanol–water partition coefficient (Wildman–Crippen LogP) is 1.04. The molecule has 19 heavy (non-hydrogen) atoms. The highest BCUT2D eigenvalue weighted by atomic mass is 32.2. The van der Waals surface area contributed by atoms with E-state index in [1.54, 1.807) is 19.1 Å². The fourth-order valence-corrected chi connectivity index (χ4v) is 3.91. The number of nitrogens with zero attached hydrogens (tertiary/aromatic N) is 3. The van der Waals surface area contributed by atoms with Crippen molar-refractivity contribution in [1.29, 1.82) is 0 Å². The lowest BCUT2D eigenvalue weighted by molar-refractivity contribution is 0.475. The molecule has 2 aromatic rings. The molecule has 0 saturated heterocycles. The van der Waals surface area contributed by atoms with Gasteiger partial charge in [0.15, 0.2) is 0 Å². The lowest BCUT2D eigenvalue weighted by atomic mass is 10.3. The molecule has 0 aliphatic rings. The van der Waals surface area contributed by atoms with Crippen molar-refractivity contribution in [2.45, 2.75) is 11.3 Å². The topological polar surface area (TPSA) is 109 Å². The summed E-state index contributed by atoms with van der Waals surface area (Å²) in [6, 6.07) is 5.99. The predicted molar refractivity (Wildman–Crippen MR) is 72.6 cm³/mol. The van der Waals surface area contributed by atoms with Gasteiger partial charge in [0, 0.05) is 12.6 Å². The van der Waals surface area contributed by atoms with Gasteiger partial charge in [0.1, 0.15) is 5.75 Å². The number of sulfonamides is 1. The summed E-state index contributed by atoms with van der Waals surface area (Å²) < 4.78 is 25.7. The van der Waals surface area contributed by atoms with Gasteiger partial charge in [0.05, 0.1) is 5.69 Å². The number of nitrogen functional groups attached to an aromatic ring is 1. The van der Waals surface area contributed by atoms with E-state index >= 15 is 0 Å². The number of nitrogens with two attached hydrogens (primary N) is 1. The molecule has 1 aromatic carbocycles. The van der Waals surface area contributed by atoms with Crippen molar-refractivity contribution >= 4 is 32.2 Å². The quantitative estimate of drug-likeness (QED) is 0.873. The van der Waals surface area contributed by atoms with Crippen molar-refractivity contribution in [2.24, 2.45) is 0 Å². The van der Waals surface area contributed by atoms with Crippen molar-refractivity contribution in [2.75, 3.05) is 16.6 Å². The van der Waals surface area contributed by atoms with Crippen molar-refractivity contribution in [1.82, 2.24) is 10.2 Å². The zero-order valence-electron chi connectivity index (χ0n) is 10.0. The van der Waals surface area contributed by atoms with Crippen LogP contribution in [-0.4, -0.2) is 30.3 Å². The van der Waals surface area contributed by atoms with Crippen LogP contribution < -0.4 is 10.0 Å². The van der Waals surface area contributed by atoms with Gasteiger partial charge in [-0.25, -0.2) is 0 Å². The first-order valence-electron chi connectivity index (χ1n) is 5.36. The Balaban J connectivity index is 2.47. The molecular weight excluding hydrogens is 288 g/mol. The van der Waals surface area contributed by atoms with Crippen LogP contribution in [0.1, 0.15) is 6.92 Å². The normalized spacial score (nSPS) is 11.4. The van der Waals surface area contributed by atoms with Gasteiger partial charge in [-0.2, -0.15) is 8.42 Å². The van der Waals surface area contributed by atoms with Gasteiger partial charge >= 0.3 is 0 Å². The van der Waals surface area contributed by atoms with Crippen LogP contribution in [0.2, 0.25) is 0 Å². The highest BCUT2D eigenvalue weighted by molar-refractivity contribution is 7.94. The Kier molecular flexibility index (Phi) is 3.58. The maximum atomic E-state index is 12.4. The van der Waals surface area contributed by atoms with Crippen LogP contribution >= 0.6 is 11.3 Å². The molecule has 0 amide bonds. The molecule has 2 rings (SSSR count). The number of benzene rings is 1. The van der Waals surface area contributed by atoms with Gasteiger partial charge in [0.25, 0.3) is 14.4 Å². The number of aromatic hydroxyl groups is 1. The summed E-state index contributed by atoms with van der Waals surface area (Å²) in [6.07, 6.45) is 0. The van der Waals surface area contributed by atoms with Crippen LogP contribution in [0.25, 0.3) is 0 Å². The van der Waals surface area contributed by atoms with Crippen LogP contribution in [0.5, 0.6) is 5.75 Å². The molecule has 9 heteroatoms. The smallest absolute Gasteiger partial charge is 0.293 e. The standard InChI is InChI=1S/C10H12N4O3S2/c1-2-14(7-4-3-5-8(15)6-7)19(16,17)10-13-12-9(11)18-10/h3-6,15H,2H2,1H3,(H2,11,12). The molecular formula is C10H12N4O3S2. The van der Waals surface area contributed by atoms with Crippen LogP contribution in [0, 0.1) is 0 Å². The van der Waals surface area contributed by atoms with Gasteiger partial charge in [-0.1, -0.05) is 17.4 Å². The van der Waals surface area contributed by atoms with Crippen molar-refractivity contribution in [3.8, 4) is 5.75 Å². The second-order valence-corrected chi connectivity index (χ2v) is 6.64. The van der Waals surface area contributed by atoms with E-state index in [-0.39, 0.29) is 21.8 Å². The molecule has 0 saturated carbocycles. The number of aromatic nitrogens is 2. The molecule has 0 aliphatic heterocycles. The minimum Gasteiger partial charge on any atom is -0.508 e. The Bertz CT molecular complexity index is 684. The van der Waals surface area contributed by atoms with Crippen molar-refractivity contribution in [3.63, 3.8) is 0 Å². The number of phenolic OH excluding ortho intramolecular Hbond substituents is 1. The maximum Gasteiger partial charge on any atom is 0.293 e. The molecule has 3 N–H and O–H groups in total. The second kappa shape index (κ2) is 5.02. The summed E-state index contributed by atoms with van der Waals surface area (Å²) in [5, 5.41) is 16.6. The van der Waals surface area contributed by atoms with Crippen molar-refractivity contribution < 1.29 is 13.5 Å². The molecule has 0 bridgehead atoms. The summed E-state index contributed by atoms with van der Waals surface area (Å²) in [5.41, 5.74) is 5.76. The third kappa shape index (κ3) is 2.61. The van der Waals surface area contributed by atoms with Crippen LogP contribution in [0.15, 0.2) is 28.6 Å². The van der Waals surface area contributed by atoms with E-state index in [0.29, 0.717) is 5.69 Å². The van der Waals surface area contributed by atoms with E-state index in [2.05, 4.69) is 10.2 Å². The van der Waals surface area contributed by atoms with E-state index < -0.39 is 10.0 Å². The number of anilines is 2. The maximum absolute atomic E-state index is 12.4. The minimum absolute atomic E-state index is 0.0112. The fraction of sp³-hybridized carbons (Fsp3) is 0.200. The number of hydrogen-bond donors (Lipinski definition) is 2. The number of phenols is 1. The lowest BCUT2D eigenvalue weighted by Gasteiger charge is -2.21. The summed E-state index contributed by atoms with van der Waals surface area (Å²) >= 11 is 0.801. The number of rotatable bonds is 4. The van der Waals surface area contributed by atoms with Crippen LogP contribution in [-0.2, 0) is 10.0 Å². The molecule has 0 unspecified atom stereocenters. The van der Waals surface area contributed by atoms with E-state index in [4.69, 9.17) is 5.73 Å². The fourth-order valence-electron chi connectivity index (χ4n) is 1.56. The van der Waals surface area contributed by atoms with E-state index in [0.717, 1.165) is 15.6 Å². The molecule has 0 fully saturated rings. The highest BCUT2D eigenvalue weighted by Gasteiger charge is 2.27. The summed E-state index contributed by atoms with van der Waals surface area (Å²) in [5.74, 6) is -0.0112. The van der Waals surface area contributed by atoms with Crippen LogP contribution in [0.4, 0.5) is 10.8 Å². The molecule has 7 nitrogen and oxygen atoms in total. The molecule has 102 valence electrons. The SMILES string of the molecule is CCN(c1cccc(O)c1)S(=O)(=O)c1nnc(N)s1. The monoisotopic (exact) mass is 300 g/mol. The third-order valence-electron chi connectivity index (χ3n) is 2.34. The minimum atomic E-state index is -3.81. The van der Waals surface area contributed by atoms with Crippen LogP contribution in [0.3, 0.4) is 0 Å². The first-order chi connectivity index (χ1) is 8.95. The Morgan fingerprint density at radius 2 is 2.16 bits per heavy atom. The van der Waals surface area contributed by atoms with Crippen molar-refractivity contribution in [3.05, 3.63) is 24.3 Å². The van der Waals surface area contributed by atoms with Gasteiger partial charge in [0.2, 0.25) is 5.13 Å². The first kappa shape index (κ1) is 13.6. The van der Waals surface area contributed by atoms with Gasteiger partial charge in [-0.05, 0) is 19.1 Å². The zero-order valence-corrected chi connectivity index (χ0v) is 11.6. The Hall–Kier alpha value is -1.87. The Morgan fingerprint density at radius 3 is 2.68 bits per heavy atom. The molecule has 1 heterocycles. The average Bonchev–Trinajstić information content (AvgIpc) is 2.77. The lowest BCUT2D eigenvalue weighted by Crippen LogP contribution is -2.30. The highest BCUT2D eigenvalue weighted by Crippen LogP contribution is 2.28.